The molecule has 1 aliphatic heterocycles. The van der Waals surface area contributed by atoms with E-state index in [0.29, 0.717) is 25.3 Å². The normalized spacial score (nSPS) is 13.2. The van der Waals surface area contributed by atoms with E-state index in [9.17, 15) is 9.59 Å². The van der Waals surface area contributed by atoms with Gasteiger partial charge < -0.3 is 19.9 Å². The molecule has 0 unspecified atom stereocenters. The van der Waals surface area contributed by atoms with Gasteiger partial charge in [-0.05, 0) is 78.6 Å². The Morgan fingerprint density at radius 3 is 2.36 bits per heavy atom. The first-order valence-corrected chi connectivity index (χ1v) is 13.4. The number of carbonyl (C=O) groups is 2. The highest BCUT2D eigenvalue weighted by Crippen LogP contribution is 2.21. The molecule has 2 heterocycles. The lowest BCUT2D eigenvalue weighted by Crippen LogP contribution is -2.48. The van der Waals surface area contributed by atoms with Crippen molar-refractivity contribution in [1.82, 2.24) is 10.2 Å². The Morgan fingerprint density at radius 1 is 1.00 bits per heavy atom. The van der Waals surface area contributed by atoms with Crippen LogP contribution >= 0.6 is 23.6 Å². The molecular formula is C27H30N4O3S2. The van der Waals surface area contributed by atoms with Crippen LogP contribution in [0.25, 0.3) is 0 Å². The summed E-state index contributed by atoms with van der Waals surface area (Å²) in [6.45, 7) is 5.72. The van der Waals surface area contributed by atoms with Crippen molar-refractivity contribution in [3.8, 4) is 5.75 Å². The molecule has 1 saturated heterocycles. The van der Waals surface area contributed by atoms with Crippen LogP contribution in [0.5, 0.6) is 5.75 Å². The number of carbonyl (C=O) groups excluding carboxylic acids is 2. The predicted molar refractivity (Wildman–Crippen MR) is 149 cm³/mol. The van der Waals surface area contributed by atoms with Crippen molar-refractivity contribution in [2.45, 2.75) is 19.8 Å². The van der Waals surface area contributed by atoms with E-state index >= 15 is 0 Å². The molecule has 0 bridgehead atoms. The van der Waals surface area contributed by atoms with Crippen LogP contribution in [0.3, 0.4) is 0 Å². The average Bonchev–Trinajstić information content (AvgIpc) is 3.44. The molecular weight excluding hydrogens is 492 g/mol. The second kappa shape index (κ2) is 12.5. The molecule has 0 saturated carbocycles. The van der Waals surface area contributed by atoms with Gasteiger partial charge in [-0.2, -0.15) is 0 Å². The third kappa shape index (κ3) is 6.83. The number of anilines is 2. The number of nitrogens with one attached hydrogen (secondary N) is 2. The number of nitrogens with zero attached hydrogens (tertiary/aromatic N) is 2. The minimum absolute atomic E-state index is 0.107. The molecule has 2 N–H and O–H groups in total. The van der Waals surface area contributed by atoms with E-state index in [1.54, 1.807) is 24.3 Å². The standard InChI is InChI=1S/C27H30N4O3S2/c1-2-3-18-34-23-12-6-20(7-13-23)25(32)29-27(35)28-21-8-10-22(11-9-21)30-14-16-31(17-15-30)26(33)24-5-4-19-36-24/h4-13,19H,2-3,14-18H2,1H3,(H2,28,29,32,35). The minimum Gasteiger partial charge on any atom is -0.494 e. The zero-order valence-electron chi connectivity index (χ0n) is 20.2. The summed E-state index contributed by atoms with van der Waals surface area (Å²) >= 11 is 6.80. The third-order valence-corrected chi connectivity index (χ3v) is 6.96. The predicted octanol–water partition coefficient (Wildman–Crippen LogP) is 5.02. The van der Waals surface area contributed by atoms with E-state index in [4.69, 9.17) is 17.0 Å². The lowest BCUT2D eigenvalue weighted by molar-refractivity contribution is 0.0751. The number of ether oxygens (including phenoxy) is 1. The van der Waals surface area contributed by atoms with Gasteiger partial charge in [0, 0.05) is 43.1 Å². The van der Waals surface area contributed by atoms with Gasteiger partial charge in [-0.25, -0.2) is 0 Å². The van der Waals surface area contributed by atoms with Crippen molar-refractivity contribution in [3.05, 3.63) is 76.5 Å². The molecule has 9 heteroatoms. The summed E-state index contributed by atoms with van der Waals surface area (Å²) < 4.78 is 5.64. The second-order valence-corrected chi connectivity index (χ2v) is 9.79. The zero-order chi connectivity index (χ0) is 25.3. The second-order valence-electron chi connectivity index (χ2n) is 8.44. The van der Waals surface area contributed by atoms with E-state index in [2.05, 4.69) is 22.5 Å². The fourth-order valence-corrected chi connectivity index (χ4v) is 4.76. The Morgan fingerprint density at radius 2 is 1.72 bits per heavy atom. The van der Waals surface area contributed by atoms with Crippen LogP contribution in [0.1, 0.15) is 39.8 Å². The van der Waals surface area contributed by atoms with Gasteiger partial charge in [-0.1, -0.05) is 19.4 Å². The first-order valence-electron chi connectivity index (χ1n) is 12.1. The van der Waals surface area contributed by atoms with Crippen molar-refractivity contribution < 1.29 is 14.3 Å². The Hall–Kier alpha value is -3.43. The SMILES string of the molecule is CCCCOc1ccc(C(=O)NC(=S)Nc2ccc(N3CCN(C(=O)c4cccs4)CC3)cc2)cc1. The van der Waals surface area contributed by atoms with Gasteiger partial charge in [0.1, 0.15) is 5.75 Å². The van der Waals surface area contributed by atoms with E-state index in [-0.39, 0.29) is 16.9 Å². The van der Waals surface area contributed by atoms with Crippen molar-refractivity contribution >= 4 is 51.9 Å². The van der Waals surface area contributed by atoms with Gasteiger partial charge in [-0.15, -0.1) is 11.3 Å². The molecule has 0 atom stereocenters. The molecule has 7 nitrogen and oxygen atoms in total. The highest BCUT2D eigenvalue weighted by atomic mass is 32.1. The van der Waals surface area contributed by atoms with Crippen LogP contribution in [0, 0.1) is 0 Å². The maximum atomic E-state index is 12.5. The number of amides is 2. The van der Waals surface area contributed by atoms with Crippen molar-refractivity contribution in [2.75, 3.05) is 43.0 Å². The van der Waals surface area contributed by atoms with Crippen LogP contribution in [0.15, 0.2) is 66.0 Å². The monoisotopic (exact) mass is 522 g/mol. The minimum atomic E-state index is -0.279. The maximum absolute atomic E-state index is 12.5. The number of hydrogen-bond donors (Lipinski definition) is 2. The largest absolute Gasteiger partial charge is 0.494 e. The number of hydrogen-bond acceptors (Lipinski definition) is 6. The van der Waals surface area contributed by atoms with Gasteiger partial charge >= 0.3 is 0 Å². The van der Waals surface area contributed by atoms with Crippen LogP contribution in [-0.2, 0) is 0 Å². The number of benzene rings is 2. The van der Waals surface area contributed by atoms with Crippen LogP contribution in [0.2, 0.25) is 0 Å². The molecule has 4 rings (SSSR count). The molecule has 2 amide bonds. The summed E-state index contributed by atoms with van der Waals surface area (Å²) in [6, 6.07) is 18.7. The van der Waals surface area contributed by atoms with Gasteiger partial charge in [0.05, 0.1) is 11.5 Å². The fraction of sp³-hybridized carbons (Fsp3) is 0.296. The molecule has 1 aromatic heterocycles. The Balaban J connectivity index is 1.23. The Bertz CT molecular complexity index is 1160. The molecule has 188 valence electrons. The lowest BCUT2D eigenvalue weighted by Gasteiger charge is -2.36. The van der Waals surface area contributed by atoms with Crippen molar-refractivity contribution in [2.24, 2.45) is 0 Å². The van der Waals surface area contributed by atoms with Gasteiger partial charge in [0.2, 0.25) is 0 Å². The quantitative estimate of drug-likeness (QED) is 0.320. The van der Waals surface area contributed by atoms with Gasteiger partial charge in [0.25, 0.3) is 11.8 Å². The third-order valence-electron chi connectivity index (χ3n) is 5.90. The number of thiophene rings is 1. The highest BCUT2D eigenvalue weighted by molar-refractivity contribution is 7.80. The first kappa shape index (κ1) is 25.7. The topological polar surface area (TPSA) is 73.9 Å². The van der Waals surface area contributed by atoms with Crippen molar-refractivity contribution in [3.63, 3.8) is 0 Å². The van der Waals surface area contributed by atoms with Crippen molar-refractivity contribution in [1.29, 1.82) is 0 Å². The summed E-state index contributed by atoms with van der Waals surface area (Å²) in [7, 11) is 0. The molecule has 2 aromatic carbocycles. The van der Waals surface area contributed by atoms with Crippen LogP contribution in [-0.4, -0.2) is 54.6 Å². The van der Waals surface area contributed by atoms with Gasteiger partial charge in [0.15, 0.2) is 5.11 Å². The van der Waals surface area contributed by atoms with Crippen LogP contribution < -0.4 is 20.3 Å². The zero-order valence-corrected chi connectivity index (χ0v) is 21.9. The molecule has 1 fully saturated rings. The summed E-state index contributed by atoms with van der Waals surface area (Å²) in [5.74, 6) is 0.575. The van der Waals surface area contributed by atoms with E-state index in [1.165, 1.54) is 11.3 Å². The number of thiocarbonyl (C=S) groups is 1. The first-order chi connectivity index (χ1) is 17.5. The van der Waals surface area contributed by atoms with E-state index in [0.717, 1.165) is 47.9 Å². The summed E-state index contributed by atoms with van der Waals surface area (Å²) in [5.41, 5.74) is 2.38. The average molecular weight is 523 g/mol. The molecule has 36 heavy (non-hydrogen) atoms. The number of unbranched alkanes of at least 4 members (excludes halogenated alkanes) is 1. The number of piperazine rings is 1. The summed E-state index contributed by atoms with van der Waals surface area (Å²) in [4.78, 5) is 30.0. The van der Waals surface area contributed by atoms with Gasteiger partial charge in [-0.3, -0.25) is 14.9 Å². The molecule has 0 spiro atoms. The number of rotatable bonds is 8. The summed E-state index contributed by atoms with van der Waals surface area (Å²) in [5, 5.41) is 7.94. The van der Waals surface area contributed by atoms with Crippen LogP contribution in [0.4, 0.5) is 11.4 Å². The molecule has 1 aliphatic rings. The molecule has 3 aromatic rings. The maximum Gasteiger partial charge on any atom is 0.264 e. The molecule has 0 aliphatic carbocycles. The summed E-state index contributed by atoms with van der Waals surface area (Å²) in [6.07, 6.45) is 2.07. The van der Waals surface area contributed by atoms with E-state index < -0.39 is 0 Å². The Kier molecular flexibility index (Phi) is 8.91. The molecule has 0 radical (unpaired) electrons. The van der Waals surface area contributed by atoms with E-state index in [1.807, 2.05) is 46.7 Å². The highest BCUT2D eigenvalue weighted by Gasteiger charge is 2.22. The lowest BCUT2D eigenvalue weighted by atomic mass is 10.2. The smallest absolute Gasteiger partial charge is 0.264 e. The Labute approximate surface area is 221 Å². The fourth-order valence-electron chi connectivity index (χ4n) is 3.85.